The van der Waals surface area contributed by atoms with Crippen LogP contribution in [0.4, 0.5) is 5.69 Å². The zero-order chi connectivity index (χ0) is 16.4. The second-order valence-electron chi connectivity index (χ2n) is 4.73. The van der Waals surface area contributed by atoms with E-state index < -0.39 is 0 Å². The standard InChI is InChI=1S/C15H23NO3.ClHO/c1-5-9-18-15-12(19-13(17)6-2)8-7-11(10(3)4)14(15)16;1-2/h7-8,10H,5-6,9,16H2,1-4H3;2H. The minimum Gasteiger partial charge on any atom is -0.488 e. The Balaban J connectivity index is 0.00000191. The Kier molecular flexibility index (Phi) is 9.58. The zero-order valence-electron chi connectivity index (χ0n) is 13.0. The molecule has 0 aliphatic heterocycles. The smallest absolute Gasteiger partial charge is 0.311 e. The predicted molar refractivity (Wildman–Crippen MR) is 84.7 cm³/mol. The van der Waals surface area contributed by atoms with Gasteiger partial charge in [-0.25, -0.2) is 0 Å². The first-order valence-electron chi connectivity index (χ1n) is 6.93. The van der Waals surface area contributed by atoms with E-state index in [4.69, 9.17) is 19.9 Å². The van der Waals surface area contributed by atoms with E-state index in [1.807, 2.05) is 13.0 Å². The molecule has 0 aliphatic rings. The molecule has 0 spiro atoms. The molecule has 0 saturated heterocycles. The molecule has 6 heteroatoms. The van der Waals surface area contributed by atoms with E-state index in [0.29, 0.717) is 36.1 Å². The number of hydrogen-bond acceptors (Lipinski definition) is 5. The Hall–Kier alpha value is -1.46. The first kappa shape index (κ1) is 19.5. The molecular weight excluding hydrogens is 294 g/mol. The van der Waals surface area contributed by atoms with E-state index in [9.17, 15) is 4.79 Å². The molecule has 0 atom stereocenters. The van der Waals surface area contributed by atoms with Crippen molar-refractivity contribution in [1.82, 2.24) is 0 Å². The fraction of sp³-hybridized carbons (Fsp3) is 0.533. The van der Waals surface area contributed by atoms with Crippen molar-refractivity contribution in [2.24, 2.45) is 0 Å². The first-order valence-corrected chi connectivity index (χ1v) is 7.27. The SMILES string of the molecule is CCCOc1c(OC(=O)CC)ccc(C(C)C)c1N.OCl. The van der Waals surface area contributed by atoms with Gasteiger partial charge in [0, 0.05) is 6.42 Å². The van der Waals surface area contributed by atoms with Crippen molar-refractivity contribution in [1.29, 1.82) is 0 Å². The van der Waals surface area contributed by atoms with E-state index in [1.165, 1.54) is 0 Å². The Morgan fingerprint density at radius 1 is 1.33 bits per heavy atom. The number of carbonyl (C=O) groups is 1. The molecule has 21 heavy (non-hydrogen) atoms. The van der Waals surface area contributed by atoms with Gasteiger partial charge in [-0.2, -0.15) is 0 Å². The molecule has 5 nitrogen and oxygen atoms in total. The van der Waals surface area contributed by atoms with Crippen molar-refractivity contribution >= 4 is 23.5 Å². The van der Waals surface area contributed by atoms with Crippen molar-refractivity contribution < 1.29 is 18.9 Å². The first-order chi connectivity index (χ1) is 10.0. The third kappa shape index (κ3) is 5.81. The molecule has 0 amide bonds. The molecule has 0 radical (unpaired) electrons. The fourth-order valence-corrected chi connectivity index (χ4v) is 1.73. The molecule has 0 fully saturated rings. The summed E-state index contributed by atoms with van der Waals surface area (Å²) in [5.74, 6) is 0.884. The summed E-state index contributed by atoms with van der Waals surface area (Å²) in [5.41, 5.74) is 7.69. The number of nitrogen functional groups attached to an aromatic ring is 1. The summed E-state index contributed by atoms with van der Waals surface area (Å²) in [6.45, 7) is 8.43. The van der Waals surface area contributed by atoms with Crippen LogP contribution in [-0.4, -0.2) is 17.2 Å². The Labute approximate surface area is 131 Å². The van der Waals surface area contributed by atoms with Crippen LogP contribution in [0.15, 0.2) is 12.1 Å². The molecular formula is C15H24ClNO4. The molecule has 0 unspecified atom stereocenters. The maximum absolute atomic E-state index is 11.4. The summed E-state index contributed by atoms with van der Waals surface area (Å²) in [5, 5.41) is 0. The van der Waals surface area contributed by atoms with Gasteiger partial charge < -0.3 is 15.2 Å². The molecule has 1 rings (SSSR count). The highest BCUT2D eigenvalue weighted by Crippen LogP contribution is 2.39. The maximum atomic E-state index is 11.4. The van der Waals surface area contributed by atoms with Crippen LogP contribution in [0.3, 0.4) is 0 Å². The lowest BCUT2D eigenvalue weighted by Crippen LogP contribution is -2.10. The zero-order valence-corrected chi connectivity index (χ0v) is 13.7. The summed E-state index contributed by atoms with van der Waals surface area (Å²) in [7, 11) is 0. The van der Waals surface area contributed by atoms with Crippen molar-refractivity contribution in [3.8, 4) is 11.5 Å². The van der Waals surface area contributed by atoms with Crippen LogP contribution in [0.25, 0.3) is 0 Å². The van der Waals surface area contributed by atoms with E-state index >= 15 is 0 Å². The number of nitrogens with two attached hydrogens (primary N) is 1. The molecule has 1 aromatic rings. The van der Waals surface area contributed by atoms with Gasteiger partial charge >= 0.3 is 5.97 Å². The normalized spacial score (nSPS) is 9.86. The van der Waals surface area contributed by atoms with E-state index in [0.717, 1.165) is 12.0 Å². The number of hydrogen-bond donors (Lipinski definition) is 2. The molecule has 0 aromatic heterocycles. The van der Waals surface area contributed by atoms with E-state index in [1.54, 1.807) is 13.0 Å². The van der Waals surface area contributed by atoms with Gasteiger partial charge in [0.2, 0.25) is 0 Å². The monoisotopic (exact) mass is 317 g/mol. The largest absolute Gasteiger partial charge is 0.488 e. The quantitative estimate of drug-likeness (QED) is 0.475. The lowest BCUT2D eigenvalue weighted by atomic mass is 10.0. The second kappa shape index (κ2) is 10.3. The van der Waals surface area contributed by atoms with Gasteiger partial charge in [-0.05, 0) is 24.0 Å². The fourth-order valence-electron chi connectivity index (χ4n) is 1.73. The molecule has 0 saturated carbocycles. The highest BCUT2D eigenvalue weighted by Gasteiger charge is 2.17. The molecule has 120 valence electrons. The third-order valence-corrected chi connectivity index (χ3v) is 2.78. The van der Waals surface area contributed by atoms with Crippen LogP contribution in [-0.2, 0) is 4.79 Å². The van der Waals surface area contributed by atoms with Gasteiger partial charge in [0.1, 0.15) is 0 Å². The average molecular weight is 318 g/mol. The number of rotatable bonds is 6. The van der Waals surface area contributed by atoms with Gasteiger partial charge in [-0.1, -0.05) is 33.8 Å². The van der Waals surface area contributed by atoms with Crippen LogP contribution in [0, 0.1) is 0 Å². The number of benzene rings is 1. The van der Waals surface area contributed by atoms with Crippen LogP contribution in [0.5, 0.6) is 11.5 Å². The van der Waals surface area contributed by atoms with Crippen molar-refractivity contribution in [2.75, 3.05) is 12.3 Å². The lowest BCUT2D eigenvalue weighted by molar-refractivity contribution is -0.134. The van der Waals surface area contributed by atoms with Gasteiger partial charge in [0.25, 0.3) is 0 Å². The Bertz CT molecular complexity index is 450. The summed E-state index contributed by atoms with van der Waals surface area (Å²) in [6.07, 6.45) is 1.19. The van der Waals surface area contributed by atoms with Crippen LogP contribution in [0.1, 0.15) is 52.0 Å². The Morgan fingerprint density at radius 2 is 1.95 bits per heavy atom. The number of ether oxygens (including phenoxy) is 2. The molecule has 0 bridgehead atoms. The number of carbonyl (C=O) groups excluding carboxylic acids is 1. The van der Waals surface area contributed by atoms with Gasteiger partial charge in [0.05, 0.1) is 24.2 Å². The molecule has 1 aromatic carbocycles. The summed E-state index contributed by atoms with van der Waals surface area (Å²) in [6, 6.07) is 3.64. The van der Waals surface area contributed by atoms with E-state index in [2.05, 4.69) is 25.7 Å². The number of esters is 1. The number of halogens is 1. The van der Waals surface area contributed by atoms with Crippen LogP contribution in [0.2, 0.25) is 0 Å². The predicted octanol–water partition coefficient (Wildman–Crippen LogP) is 3.63. The molecule has 0 aliphatic carbocycles. The number of anilines is 1. The van der Waals surface area contributed by atoms with Crippen LogP contribution >= 0.6 is 11.9 Å². The van der Waals surface area contributed by atoms with Gasteiger partial charge in [-0.15, -0.1) is 0 Å². The molecule has 3 N–H and O–H groups in total. The minimum absolute atomic E-state index is 0.292. The van der Waals surface area contributed by atoms with Gasteiger partial charge in [-0.3, -0.25) is 9.45 Å². The highest BCUT2D eigenvalue weighted by atomic mass is 35.5. The maximum Gasteiger partial charge on any atom is 0.311 e. The van der Waals surface area contributed by atoms with Crippen molar-refractivity contribution in [2.45, 2.75) is 46.5 Å². The second-order valence-corrected chi connectivity index (χ2v) is 4.73. The summed E-state index contributed by atoms with van der Waals surface area (Å²) < 4.78 is 17.4. The van der Waals surface area contributed by atoms with Crippen LogP contribution < -0.4 is 15.2 Å². The topological polar surface area (TPSA) is 81.8 Å². The third-order valence-electron chi connectivity index (χ3n) is 2.78. The summed E-state index contributed by atoms with van der Waals surface area (Å²) in [4.78, 5) is 11.4. The van der Waals surface area contributed by atoms with Crippen molar-refractivity contribution in [3.05, 3.63) is 17.7 Å². The lowest BCUT2D eigenvalue weighted by Gasteiger charge is -2.17. The highest BCUT2D eigenvalue weighted by molar-refractivity contribution is 6.04. The summed E-state index contributed by atoms with van der Waals surface area (Å²) >= 11 is 3.64. The average Bonchev–Trinajstić information content (AvgIpc) is 2.48. The van der Waals surface area contributed by atoms with E-state index in [-0.39, 0.29) is 5.97 Å². The molecule has 0 heterocycles. The minimum atomic E-state index is -0.293. The van der Waals surface area contributed by atoms with Crippen molar-refractivity contribution in [3.63, 3.8) is 0 Å². The Morgan fingerprint density at radius 3 is 2.43 bits per heavy atom. The van der Waals surface area contributed by atoms with Gasteiger partial charge in [0.15, 0.2) is 11.5 Å².